The summed E-state index contributed by atoms with van der Waals surface area (Å²) >= 11 is 1.78. The summed E-state index contributed by atoms with van der Waals surface area (Å²) in [6.45, 7) is 16.2. The Morgan fingerprint density at radius 1 is 0.911 bits per heavy atom. The van der Waals surface area contributed by atoms with E-state index in [9.17, 15) is 9.50 Å². The Morgan fingerprint density at radius 2 is 1.62 bits per heavy atom. The van der Waals surface area contributed by atoms with E-state index in [1.807, 2.05) is 19.9 Å². The highest BCUT2D eigenvalue weighted by Crippen LogP contribution is 2.39. The molecule has 0 aliphatic carbocycles. The number of aromatic nitrogens is 3. The van der Waals surface area contributed by atoms with Crippen molar-refractivity contribution in [3.63, 3.8) is 0 Å². The van der Waals surface area contributed by atoms with Crippen molar-refractivity contribution >= 4 is 28.4 Å². The van der Waals surface area contributed by atoms with Crippen molar-refractivity contribution in [2.45, 2.75) is 59.1 Å². The molecule has 0 amide bonds. The molecule has 5 heterocycles. The molecule has 8 nitrogen and oxygen atoms in total. The molecule has 3 aliphatic rings. The lowest BCUT2D eigenvalue weighted by atomic mass is 9.90. The van der Waals surface area contributed by atoms with Gasteiger partial charge in [-0.2, -0.15) is 0 Å². The quantitative estimate of drug-likeness (QED) is 0.303. The van der Waals surface area contributed by atoms with Gasteiger partial charge >= 0.3 is 0 Å². The number of hydrogen-bond donors (Lipinski definition) is 1. The van der Waals surface area contributed by atoms with E-state index in [4.69, 9.17) is 4.99 Å². The number of hydrogen-bond acceptors (Lipinski definition) is 8. The van der Waals surface area contributed by atoms with Gasteiger partial charge in [-0.1, -0.05) is 18.2 Å². The zero-order valence-corrected chi connectivity index (χ0v) is 27.7. The van der Waals surface area contributed by atoms with Crippen molar-refractivity contribution in [3.05, 3.63) is 87.1 Å². The zero-order valence-electron chi connectivity index (χ0n) is 26.8. The number of anilines is 2. The number of aryl methyl sites for hydroxylation is 3. The normalized spacial score (nSPS) is 20.1. The first-order valence-electron chi connectivity index (χ1n) is 16.0. The first-order chi connectivity index (χ1) is 21.6. The minimum atomic E-state index is -0.694. The van der Waals surface area contributed by atoms with Crippen LogP contribution in [0.4, 0.5) is 15.8 Å². The molecule has 7 rings (SSSR count). The van der Waals surface area contributed by atoms with Gasteiger partial charge in [0.1, 0.15) is 22.7 Å². The zero-order chi connectivity index (χ0) is 31.5. The van der Waals surface area contributed by atoms with E-state index >= 15 is 0 Å². The van der Waals surface area contributed by atoms with E-state index in [0.29, 0.717) is 6.54 Å². The van der Waals surface area contributed by atoms with Gasteiger partial charge in [0.2, 0.25) is 0 Å². The number of aliphatic hydroxyl groups is 1. The van der Waals surface area contributed by atoms with Gasteiger partial charge in [0.15, 0.2) is 5.82 Å². The van der Waals surface area contributed by atoms with Gasteiger partial charge in [0.05, 0.1) is 11.3 Å². The smallest absolute Gasteiger partial charge is 0.162 e. The van der Waals surface area contributed by atoms with E-state index in [0.717, 1.165) is 91.3 Å². The lowest BCUT2D eigenvalue weighted by Gasteiger charge is -2.44. The van der Waals surface area contributed by atoms with Crippen molar-refractivity contribution in [1.29, 1.82) is 0 Å². The largest absolute Gasteiger partial charge is 0.388 e. The molecule has 2 aromatic heterocycles. The Bertz CT molecular complexity index is 1740. The highest BCUT2D eigenvalue weighted by atomic mass is 32.1. The van der Waals surface area contributed by atoms with E-state index < -0.39 is 5.60 Å². The number of fused-ring (bicyclic) bond motifs is 3. The lowest BCUT2D eigenvalue weighted by molar-refractivity contribution is -0.0173. The summed E-state index contributed by atoms with van der Waals surface area (Å²) < 4.78 is 16.0. The van der Waals surface area contributed by atoms with Gasteiger partial charge in [-0.25, -0.2) is 4.39 Å². The first-order valence-corrected chi connectivity index (χ1v) is 16.8. The molecule has 1 atom stereocenters. The fourth-order valence-corrected chi connectivity index (χ4v) is 8.35. The van der Waals surface area contributed by atoms with Crippen LogP contribution in [0.15, 0.2) is 47.5 Å². The lowest BCUT2D eigenvalue weighted by Crippen LogP contribution is -2.55. The number of benzene rings is 2. The van der Waals surface area contributed by atoms with E-state index in [2.05, 4.69) is 74.5 Å². The third-order valence-corrected chi connectivity index (χ3v) is 11.1. The summed E-state index contributed by atoms with van der Waals surface area (Å²) in [4.78, 5) is 13.5. The van der Waals surface area contributed by atoms with Crippen molar-refractivity contribution in [2.75, 3.05) is 55.6 Å². The van der Waals surface area contributed by atoms with Crippen LogP contribution in [0.2, 0.25) is 0 Å². The van der Waals surface area contributed by atoms with Gasteiger partial charge in [-0.05, 0) is 82.9 Å². The van der Waals surface area contributed by atoms with Crippen molar-refractivity contribution in [2.24, 2.45) is 4.99 Å². The van der Waals surface area contributed by atoms with Gasteiger partial charge < -0.3 is 14.9 Å². The van der Waals surface area contributed by atoms with E-state index in [-0.39, 0.29) is 11.9 Å². The van der Waals surface area contributed by atoms with Gasteiger partial charge in [-0.3, -0.25) is 14.5 Å². The molecule has 2 saturated heterocycles. The van der Waals surface area contributed by atoms with E-state index in [1.54, 1.807) is 17.4 Å². The predicted octanol–water partition coefficient (Wildman–Crippen LogP) is 5.77. The SMILES string of the molecule is Cc1ccc(F)cc1N1CCN(CC2(O)CCN(c3ccc(C4=N[C@@H](C)c5nnc(C)n5-c5sc(C)c(C)c54)cc3)CC2)CC1. The third-order valence-electron chi connectivity index (χ3n) is 9.96. The molecule has 0 bridgehead atoms. The molecule has 0 spiro atoms. The maximum absolute atomic E-state index is 13.9. The van der Waals surface area contributed by atoms with Crippen LogP contribution in [0.3, 0.4) is 0 Å². The third kappa shape index (κ3) is 5.57. The second-order valence-electron chi connectivity index (χ2n) is 13.0. The van der Waals surface area contributed by atoms with Crippen LogP contribution < -0.4 is 9.80 Å². The molecule has 0 radical (unpaired) electrons. The van der Waals surface area contributed by atoms with Crippen LogP contribution in [0, 0.1) is 33.5 Å². The topological polar surface area (TPSA) is 73.0 Å². The standard InChI is InChI=1S/C35H42FN7OS/c1-22-6-9-28(36)20-30(22)42-18-16-40(17-19-42)21-35(44)12-14-41(15-13-35)29-10-7-27(8-11-29)32-31-23(2)25(4)45-34(31)43-26(5)38-39-33(43)24(3)37-32/h6-11,20,24,44H,12-19,21H2,1-5H3/t24-/m0/s1. The van der Waals surface area contributed by atoms with Crippen LogP contribution in [0.25, 0.3) is 5.00 Å². The number of thiophene rings is 1. The fourth-order valence-electron chi connectivity index (χ4n) is 7.14. The Labute approximate surface area is 268 Å². The molecule has 0 saturated carbocycles. The summed E-state index contributed by atoms with van der Waals surface area (Å²) in [6, 6.07) is 13.7. The van der Waals surface area contributed by atoms with Crippen LogP contribution in [0.1, 0.15) is 64.6 Å². The Morgan fingerprint density at radius 3 is 2.33 bits per heavy atom. The number of aliphatic imine (C=N–C) groups is 1. The van der Waals surface area contributed by atoms with Crippen molar-refractivity contribution < 1.29 is 9.50 Å². The number of piperidine rings is 1. The molecule has 4 aromatic rings. The van der Waals surface area contributed by atoms with Crippen LogP contribution >= 0.6 is 11.3 Å². The van der Waals surface area contributed by atoms with Crippen molar-refractivity contribution in [3.8, 4) is 5.00 Å². The minimum absolute atomic E-state index is 0.103. The average molecular weight is 628 g/mol. The maximum atomic E-state index is 13.9. The van der Waals surface area contributed by atoms with Crippen molar-refractivity contribution in [1.82, 2.24) is 19.7 Å². The molecule has 3 aliphatic heterocycles. The summed E-state index contributed by atoms with van der Waals surface area (Å²) in [5.41, 5.74) is 7.10. The second-order valence-corrected chi connectivity index (χ2v) is 14.2. The molecule has 2 fully saturated rings. The Kier molecular flexibility index (Phi) is 7.78. The van der Waals surface area contributed by atoms with E-state index in [1.165, 1.54) is 27.8 Å². The summed E-state index contributed by atoms with van der Waals surface area (Å²) in [7, 11) is 0. The second kappa shape index (κ2) is 11.6. The van der Waals surface area contributed by atoms with Crippen LogP contribution in [-0.2, 0) is 0 Å². The van der Waals surface area contributed by atoms with Gasteiger partial charge in [0.25, 0.3) is 0 Å². The summed E-state index contributed by atoms with van der Waals surface area (Å²) in [5, 5.41) is 21.5. The molecular formula is C35H42FN7OS. The monoisotopic (exact) mass is 627 g/mol. The highest BCUT2D eigenvalue weighted by molar-refractivity contribution is 7.15. The summed E-state index contributed by atoms with van der Waals surface area (Å²) in [6.07, 6.45) is 1.47. The molecule has 2 aromatic carbocycles. The summed E-state index contributed by atoms with van der Waals surface area (Å²) in [5.74, 6) is 1.58. The Balaban J connectivity index is 1.01. The number of halogens is 1. The molecule has 45 heavy (non-hydrogen) atoms. The first kappa shape index (κ1) is 30.1. The molecular weight excluding hydrogens is 585 g/mol. The van der Waals surface area contributed by atoms with Crippen LogP contribution in [0.5, 0.6) is 0 Å². The molecule has 10 heteroatoms. The Hall–Kier alpha value is -3.60. The van der Waals surface area contributed by atoms with Gasteiger partial charge in [0, 0.05) is 73.2 Å². The molecule has 0 unspecified atom stereocenters. The molecule has 1 N–H and O–H groups in total. The predicted molar refractivity (Wildman–Crippen MR) is 180 cm³/mol. The highest BCUT2D eigenvalue weighted by Gasteiger charge is 2.35. The van der Waals surface area contributed by atoms with Gasteiger partial charge in [-0.15, -0.1) is 21.5 Å². The number of rotatable bonds is 5. The number of nitrogens with zero attached hydrogens (tertiary/aromatic N) is 7. The number of piperazine rings is 1. The maximum Gasteiger partial charge on any atom is 0.162 e. The molecule has 236 valence electrons. The van der Waals surface area contributed by atoms with Crippen LogP contribution in [-0.4, -0.2) is 81.9 Å². The fraction of sp³-hybridized carbons (Fsp3) is 0.457. The number of β-amino-alcohol motifs (C(OH)–C–C–N with tert-alkyl or cyclic N) is 1. The average Bonchev–Trinajstić information content (AvgIpc) is 3.52. The minimum Gasteiger partial charge on any atom is -0.388 e.